The third-order valence-corrected chi connectivity index (χ3v) is 4.95. The highest BCUT2D eigenvalue weighted by Crippen LogP contribution is 2.17. The summed E-state index contributed by atoms with van der Waals surface area (Å²) in [5.41, 5.74) is 1.75. The van der Waals surface area contributed by atoms with Crippen molar-refractivity contribution in [1.82, 2.24) is 10.6 Å². The minimum absolute atomic E-state index is 0.0347. The van der Waals surface area contributed by atoms with Crippen LogP contribution in [0.25, 0.3) is 0 Å². The van der Waals surface area contributed by atoms with Crippen LogP contribution in [-0.4, -0.2) is 30.4 Å². The number of carbonyl (C=O) groups is 2. The van der Waals surface area contributed by atoms with Gasteiger partial charge in [0.25, 0.3) is 0 Å². The highest BCUT2D eigenvalue weighted by atomic mass is 16.2. The van der Waals surface area contributed by atoms with Crippen molar-refractivity contribution in [3.05, 3.63) is 66.2 Å². The second-order valence-corrected chi connectivity index (χ2v) is 7.18. The van der Waals surface area contributed by atoms with Gasteiger partial charge in [0.05, 0.1) is 0 Å². The Kier molecular flexibility index (Phi) is 6.60. The van der Waals surface area contributed by atoms with Crippen LogP contribution in [0.3, 0.4) is 0 Å². The molecular formula is C22H27N3O2. The fourth-order valence-electron chi connectivity index (χ4n) is 3.47. The molecule has 0 radical (unpaired) electrons. The predicted octanol–water partition coefficient (Wildman–Crippen LogP) is 2.74. The van der Waals surface area contributed by atoms with Gasteiger partial charge in [-0.15, -0.1) is 0 Å². The van der Waals surface area contributed by atoms with Crippen molar-refractivity contribution < 1.29 is 9.59 Å². The number of hydrogen-bond donors (Lipinski definition) is 3. The maximum absolute atomic E-state index is 12.9. The lowest BCUT2D eigenvalue weighted by molar-refractivity contribution is -0.130. The Labute approximate surface area is 160 Å². The summed E-state index contributed by atoms with van der Waals surface area (Å²) in [6.45, 7) is 2.92. The van der Waals surface area contributed by atoms with E-state index in [0.717, 1.165) is 30.6 Å². The van der Waals surface area contributed by atoms with Crippen LogP contribution in [0.5, 0.6) is 0 Å². The molecular weight excluding hydrogens is 338 g/mol. The Morgan fingerprint density at radius 1 is 1.07 bits per heavy atom. The molecule has 2 amide bonds. The summed E-state index contributed by atoms with van der Waals surface area (Å²) in [7, 11) is 0. The third-order valence-electron chi connectivity index (χ3n) is 4.95. The van der Waals surface area contributed by atoms with E-state index in [0.29, 0.717) is 12.5 Å². The lowest BCUT2D eigenvalue weighted by atomic mass is 9.92. The van der Waals surface area contributed by atoms with Crippen molar-refractivity contribution >= 4 is 17.5 Å². The highest BCUT2D eigenvalue weighted by Gasteiger charge is 2.28. The van der Waals surface area contributed by atoms with Crippen LogP contribution in [0.1, 0.15) is 25.3 Å². The van der Waals surface area contributed by atoms with Gasteiger partial charge in [-0.2, -0.15) is 0 Å². The molecule has 27 heavy (non-hydrogen) atoms. The van der Waals surface area contributed by atoms with Crippen molar-refractivity contribution in [3.8, 4) is 0 Å². The first-order valence-electron chi connectivity index (χ1n) is 9.55. The molecule has 1 saturated heterocycles. The number of carbonyl (C=O) groups excluding carboxylic acids is 2. The summed E-state index contributed by atoms with van der Waals surface area (Å²) in [6.07, 6.45) is 2.06. The first kappa shape index (κ1) is 19.1. The molecule has 2 aromatic carbocycles. The van der Waals surface area contributed by atoms with Gasteiger partial charge < -0.3 is 16.0 Å². The van der Waals surface area contributed by atoms with Gasteiger partial charge in [-0.3, -0.25) is 9.59 Å². The van der Waals surface area contributed by atoms with Crippen LogP contribution in [0.2, 0.25) is 0 Å². The van der Waals surface area contributed by atoms with E-state index in [2.05, 4.69) is 22.9 Å². The lowest BCUT2D eigenvalue weighted by Gasteiger charge is -2.28. The van der Waals surface area contributed by atoms with Crippen LogP contribution in [0, 0.1) is 5.92 Å². The minimum Gasteiger partial charge on any atom is -0.344 e. The van der Waals surface area contributed by atoms with E-state index in [1.54, 1.807) is 0 Å². The number of benzene rings is 2. The molecule has 0 spiro atoms. The Balaban J connectivity index is 1.70. The number of nitrogens with one attached hydrogen (secondary N) is 3. The zero-order valence-corrected chi connectivity index (χ0v) is 15.7. The molecule has 5 nitrogen and oxygen atoms in total. The van der Waals surface area contributed by atoms with Gasteiger partial charge in [0, 0.05) is 24.1 Å². The molecule has 1 heterocycles. The molecule has 3 rings (SSSR count). The van der Waals surface area contributed by atoms with Crippen LogP contribution in [-0.2, 0) is 16.0 Å². The van der Waals surface area contributed by atoms with Gasteiger partial charge >= 0.3 is 0 Å². The summed E-state index contributed by atoms with van der Waals surface area (Å²) >= 11 is 0. The zero-order valence-electron chi connectivity index (χ0n) is 15.7. The first-order valence-corrected chi connectivity index (χ1v) is 9.55. The summed E-state index contributed by atoms with van der Waals surface area (Å²) in [5.74, 6) is -0.281. The third kappa shape index (κ3) is 5.66. The summed E-state index contributed by atoms with van der Waals surface area (Å²) in [4.78, 5) is 25.6. The van der Waals surface area contributed by atoms with E-state index in [4.69, 9.17) is 0 Å². The maximum atomic E-state index is 12.9. The van der Waals surface area contributed by atoms with Gasteiger partial charge in [-0.1, -0.05) is 48.5 Å². The van der Waals surface area contributed by atoms with Gasteiger partial charge in [0.15, 0.2) is 0 Å². The molecule has 1 aliphatic heterocycles. The number of rotatable bonds is 6. The molecule has 5 heteroatoms. The van der Waals surface area contributed by atoms with Crippen LogP contribution < -0.4 is 16.0 Å². The SMILES string of the molecule is C[C@H]1C[C@@H](C(=O)NC(Cc2ccccc2)C(=O)Nc2ccccc2)CCN1. The number of hydrogen-bond acceptors (Lipinski definition) is 3. The topological polar surface area (TPSA) is 70.2 Å². The largest absolute Gasteiger partial charge is 0.344 e. The van der Waals surface area contributed by atoms with Crippen LogP contribution >= 0.6 is 0 Å². The highest BCUT2D eigenvalue weighted by molar-refractivity contribution is 5.97. The van der Waals surface area contributed by atoms with E-state index in [-0.39, 0.29) is 17.7 Å². The van der Waals surface area contributed by atoms with E-state index in [1.165, 1.54) is 0 Å². The molecule has 0 saturated carbocycles. The average Bonchev–Trinajstić information content (AvgIpc) is 2.69. The summed E-state index contributed by atoms with van der Waals surface area (Å²) in [5, 5.41) is 9.27. The second-order valence-electron chi connectivity index (χ2n) is 7.18. The van der Waals surface area contributed by atoms with Crippen molar-refractivity contribution in [2.45, 2.75) is 38.3 Å². The normalized spacial score (nSPS) is 20.5. The van der Waals surface area contributed by atoms with E-state index >= 15 is 0 Å². The molecule has 1 aliphatic rings. The minimum atomic E-state index is -0.606. The van der Waals surface area contributed by atoms with Crippen molar-refractivity contribution in [3.63, 3.8) is 0 Å². The number of amides is 2. The molecule has 1 fully saturated rings. The number of anilines is 1. The predicted molar refractivity (Wildman–Crippen MR) is 107 cm³/mol. The Morgan fingerprint density at radius 3 is 2.41 bits per heavy atom. The summed E-state index contributed by atoms with van der Waals surface area (Å²) in [6, 6.07) is 18.8. The van der Waals surface area contributed by atoms with E-state index in [9.17, 15) is 9.59 Å². The molecule has 0 bridgehead atoms. The van der Waals surface area contributed by atoms with Crippen molar-refractivity contribution in [2.75, 3.05) is 11.9 Å². The van der Waals surface area contributed by atoms with Crippen molar-refractivity contribution in [1.29, 1.82) is 0 Å². The molecule has 0 aromatic heterocycles. The number of para-hydroxylation sites is 1. The molecule has 3 N–H and O–H groups in total. The van der Waals surface area contributed by atoms with Gasteiger partial charge in [0.1, 0.15) is 6.04 Å². The quantitative estimate of drug-likeness (QED) is 0.737. The van der Waals surface area contributed by atoms with Gasteiger partial charge in [-0.25, -0.2) is 0 Å². The Bertz CT molecular complexity index is 749. The van der Waals surface area contributed by atoms with Crippen LogP contribution in [0.15, 0.2) is 60.7 Å². The molecule has 3 atom stereocenters. The first-order chi connectivity index (χ1) is 13.1. The zero-order chi connectivity index (χ0) is 19.1. The Morgan fingerprint density at radius 2 is 1.74 bits per heavy atom. The maximum Gasteiger partial charge on any atom is 0.247 e. The standard InChI is InChI=1S/C22H27N3O2/c1-16-14-18(12-13-23-16)21(26)25-20(15-17-8-4-2-5-9-17)22(27)24-19-10-6-3-7-11-19/h2-11,16,18,20,23H,12-15H2,1H3,(H,24,27)(H,25,26)/t16-,18-,20?/m0/s1. The van der Waals surface area contributed by atoms with E-state index in [1.807, 2.05) is 60.7 Å². The molecule has 0 aliphatic carbocycles. The lowest BCUT2D eigenvalue weighted by Crippen LogP contribution is -2.49. The second kappa shape index (κ2) is 9.33. The fourth-order valence-corrected chi connectivity index (χ4v) is 3.47. The van der Waals surface area contributed by atoms with Crippen molar-refractivity contribution in [2.24, 2.45) is 5.92 Å². The monoisotopic (exact) mass is 365 g/mol. The molecule has 2 aromatic rings. The van der Waals surface area contributed by atoms with Gasteiger partial charge in [0.2, 0.25) is 11.8 Å². The van der Waals surface area contributed by atoms with Crippen LogP contribution in [0.4, 0.5) is 5.69 Å². The molecule has 142 valence electrons. The molecule has 1 unspecified atom stereocenters. The summed E-state index contributed by atoms with van der Waals surface area (Å²) < 4.78 is 0. The number of piperidine rings is 1. The fraction of sp³-hybridized carbons (Fsp3) is 0.364. The van der Waals surface area contributed by atoms with Gasteiger partial charge in [-0.05, 0) is 44.0 Å². The Hall–Kier alpha value is -2.66. The average molecular weight is 365 g/mol. The van der Waals surface area contributed by atoms with E-state index < -0.39 is 6.04 Å². The smallest absolute Gasteiger partial charge is 0.247 e.